The summed E-state index contributed by atoms with van der Waals surface area (Å²) < 4.78 is 0. The minimum atomic E-state index is -0.241. The maximum Gasteiger partial charge on any atom is 0.271 e. The number of aromatic nitrogens is 2. The topological polar surface area (TPSA) is 54.9 Å². The molecule has 19 heavy (non-hydrogen) atoms. The number of benzene rings is 1. The first-order valence-electron chi connectivity index (χ1n) is 5.91. The Morgan fingerprint density at radius 3 is 2.47 bits per heavy atom. The zero-order chi connectivity index (χ0) is 13.8. The van der Waals surface area contributed by atoms with E-state index in [9.17, 15) is 4.79 Å². The summed E-state index contributed by atoms with van der Waals surface area (Å²) in [6.07, 6.45) is 3.04. The highest BCUT2D eigenvalue weighted by Gasteiger charge is 2.12. The molecule has 98 valence electrons. The number of carbonyl (C=O) groups is 1. The van der Waals surface area contributed by atoms with Crippen molar-refractivity contribution in [2.75, 3.05) is 0 Å². The predicted molar refractivity (Wildman–Crippen MR) is 74.1 cm³/mol. The number of carbonyl (C=O) groups excluding carboxylic acids is 1. The van der Waals surface area contributed by atoms with Crippen molar-refractivity contribution in [2.45, 2.75) is 19.9 Å². The van der Waals surface area contributed by atoms with Crippen LogP contribution in [-0.2, 0) is 0 Å². The fourth-order valence-electron chi connectivity index (χ4n) is 1.62. The average Bonchev–Trinajstić information content (AvgIpc) is 2.40. The van der Waals surface area contributed by atoms with Crippen LogP contribution in [0.3, 0.4) is 0 Å². The van der Waals surface area contributed by atoms with Gasteiger partial charge in [-0.15, -0.1) is 0 Å². The standard InChI is InChI=1S/C14H14ClN3O/c1-9-7-17-13(8-16-9)14(19)18-10(2)11-3-5-12(15)6-4-11/h3-8,10H,1-2H3,(H,18,19)/t10-/m1/s1. The molecular formula is C14H14ClN3O. The Kier molecular flexibility index (Phi) is 4.12. The van der Waals surface area contributed by atoms with E-state index in [4.69, 9.17) is 11.6 Å². The van der Waals surface area contributed by atoms with Crippen LogP contribution in [0, 0.1) is 6.92 Å². The molecule has 0 aliphatic rings. The van der Waals surface area contributed by atoms with Gasteiger partial charge in [-0.2, -0.15) is 0 Å². The molecule has 1 heterocycles. The van der Waals surface area contributed by atoms with E-state index in [1.54, 1.807) is 18.3 Å². The third-order valence-electron chi connectivity index (χ3n) is 2.73. The van der Waals surface area contributed by atoms with Crippen molar-refractivity contribution in [2.24, 2.45) is 0 Å². The molecule has 0 fully saturated rings. The Hall–Kier alpha value is -1.94. The highest BCUT2D eigenvalue weighted by molar-refractivity contribution is 6.30. The van der Waals surface area contributed by atoms with E-state index in [1.165, 1.54) is 6.20 Å². The Bertz CT molecular complexity index is 566. The molecule has 2 aromatic rings. The van der Waals surface area contributed by atoms with Crippen LogP contribution in [-0.4, -0.2) is 15.9 Å². The SMILES string of the molecule is Cc1cnc(C(=O)N[C@H](C)c2ccc(Cl)cc2)cn1. The number of hydrogen-bond acceptors (Lipinski definition) is 3. The lowest BCUT2D eigenvalue weighted by atomic mass is 10.1. The van der Waals surface area contributed by atoms with Crippen LogP contribution in [0.15, 0.2) is 36.7 Å². The van der Waals surface area contributed by atoms with Crippen LogP contribution >= 0.6 is 11.6 Å². The maximum atomic E-state index is 12.0. The lowest BCUT2D eigenvalue weighted by Gasteiger charge is -2.14. The fraction of sp³-hybridized carbons (Fsp3) is 0.214. The van der Waals surface area contributed by atoms with Gasteiger partial charge in [0, 0.05) is 11.2 Å². The van der Waals surface area contributed by atoms with Gasteiger partial charge >= 0.3 is 0 Å². The summed E-state index contributed by atoms with van der Waals surface area (Å²) in [7, 11) is 0. The van der Waals surface area contributed by atoms with Crippen LogP contribution in [0.1, 0.15) is 34.7 Å². The molecule has 1 amide bonds. The molecule has 1 atom stereocenters. The van der Waals surface area contributed by atoms with Gasteiger partial charge < -0.3 is 5.32 Å². The molecule has 0 aliphatic carbocycles. The second kappa shape index (κ2) is 5.80. The highest BCUT2D eigenvalue weighted by Crippen LogP contribution is 2.16. The minimum Gasteiger partial charge on any atom is -0.344 e. The number of nitrogens with one attached hydrogen (secondary N) is 1. The first-order valence-corrected chi connectivity index (χ1v) is 6.29. The molecule has 0 spiro atoms. The first kappa shape index (κ1) is 13.5. The number of amides is 1. The highest BCUT2D eigenvalue weighted by atomic mass is 35.5. The Labute approximate surface area is 116 Å². The number of nitrogens with zero attached hydrogens (tertiary/aromatic N) is 2. The van der Waals surface area contributed by atoms with E-state index in [0.717, 1.165) is 11.3 Å². The van der Waals surface area contributed by atoms with Crippen LogP contribution in [0.2, 0.25) is 5.02 Å². The molecule has 2 rings (SSSR count). The van der Waals surface area contributed by atoms with E-state index in [-0.39, 0.29) is 11.9 Å². The Morgan fingerprint density at radius 1 is 1.21 bits per heavy atom. The maximum absolute atomic E-state index is 12.0. The van der Waals surface area contributed by atoms with E-state index in [1.807, 2.05) is 26.0 Å². The second-order valence-corrected chi connectivity index (χ2v) is 4.73. The molecule has 0 aliphatic heterocycles. The Morgan fingerprint density at radius 2 is 1.89 bits per heavy atom. The third kappa shape index (κ3) is 3.51. The number of hydrogen-bond donors (Lipinski definition) is 1. The molecule has 0 radical (unpaired) electrons. The normalized spacial score (nSPS) is 11.9. The molecule has 0 bridgehead atoms. The van der Waals surface area contributed by atoms with Gasteiger partial charge in [0.05, 0.1) is 17.9 Å². The molecule has 0 saturated heterocycles. The molecular weight excluding hydrogens is 262 g/mol. The van der Waals surface area contributed by atoms with Gasteiger partial charge in [0.25, 0.3) is 5.91 Å². The van der Waals surface area contributed by atoms with E-state index < -0.39 is 0 Å². The van der Waals surface area contributed by atoms with Gasteiger partial charge in [-0.05, 0) is 31.5 Å². The summed E-state index contributed by atoms with van der Waals surface area (Å²) in [5.41, 5.74) is 2.08. The van der Waals surface area contributed by atoms with Crippen LogP contribution in [0.4, 0.5) is 0 Å². The second-order valence-electron chi connectivity index (χ2n) is 4.29. The summed E-state index contributed by atoms with van der Waals surface area (Å²) >= 11 is 5.83. The van der Waals surface area contributed by atoms with Gasteiger partial charge in [0.15, 0.2) is 0 Å². The molecule has 0 unspecified atom stereocenters. The summed E-state index contributed by atoms with van der Waals surface area (Å²) in [5, 5.41) is 3.54. The number of aryl methyl sites for hydroxylation is 1. The molecule has 1 N–H and O–H groups in total. The third-order valence-corrected chi connectivity index (χ3v) is 2.98. The average molecular weight is 276 g/mol. The molecule has 5 heteroatoms. The van der Waals surface area contributed by atoms with Crippen LogP contribution < -0.4 is 5.32 Å². The van der Waals surface area contributed by atoms with Crippen molar-refractivity contribution < 1.29 is 4.79 Å². The van der Waals surface area contributed by atoms with Gasteiger partial charge in [-0.3, -0.25) is 9.78 Å². The lowest BCUT2D eigenvalue weighted by molar-refractivity contribution is 0.0934. The largest absolute Gasteiger partial charge is 0.344 e. The van der Waals surface area contributed by atoms with E-state index in [2.05, 4.69) is 15.3 Å². The zero-order valence-electron chi connectivity index (χ0n) is 10.7. The van der Waals surface area contributed by atoms with E-state index in [0.29, 0.717) is 10.7 Å². The predicted octanol–water partition coefficient (Wildman–Crippen LogP) is 2.93. The zero-order valence-corrected chi connectivity index (χ0v) is 11.5. The fourth-order valence-corrected chi connectivity index (χ4v) is 1.74. The van der Waals surface area contributed by atoms with Crippen molar-refractivity contribution in [1.29, 1.82) is 0 Å². The summed E-state index contributed by atoms with van der Waals surface area (Å²) in [6, 6.07) is 7.24. The smallest absolute Gasteiger partial charge is 0.271 e. The lowest BCUT2D eigenvalue weighted by Crippen LogP contribution is -2.27. The first-order chi connectivity index (χ1) is 9.06. The summed E-state index contributed by atoms with van der Waals surface area (Å²) in [4.78, 5) is 20.1. The quantitative estimate of drug-likeness (QED) is 0.937. The van der Waals surface area contributed by atoms with Gasteiger partial charge in [0.1, 0.15) is 5.69 Å². The number of halogens is 1. The molecule has 4 nitrogen and oxygen atoms in total. The van der Waals surface area contributed by atoms with E-state index >= 15 is 0 Å². The van der Waals surface area contributed by atoms with Gasteiger partial charge in [-0.25, -0.2) is 4.98 Å². The van der Waals surface area contributed by atoms with Gasteiger partial charge in [0.2, 0.25) is 0 Å². The number of rotatable bonds is 3. The molecule has 1 aromatic carbocycles. The minimum absolute atomic E-state index is 0.118. The van der Waals surface area contributed by atoms with Gasteiger partial charge in [-0.1, -0.05) is 23.7 Å². The monoisotopic (exact) mass is 275 g/mol. The van der Waals surface area contributed by atoms with Crippen molar-refractivity contribution in [1.82, 2.24) is 15.3 Å². The summed E-state index contributed by atoms with van der Waals surface area (Å²) in [5.74, 6) is -0.241. The van der Waals surface area contributed by atoms with Crippen molar-refractivity contribution in [3.8, 4) is 0 Å². The van der Waals surface area contributed by atoms with Crippen LogP contribution in [0.25, 0.3) is 0 Å². The van der Waals surface area contributed by atoms with Crippen molar-refractivity contribution in [3.05, 3.63) is 58.6 Å². The van der Waals surface area contributed by atoms with Crippen molar-refractivity contribution >= 4 is 17.5 Å². The van der Waals surface area contributed by atoms with Crippen LogP contribution in [0.5, 0.6) is 0 Å². The van der Waals surface area contributed by atoms with Crippen molar-refractivity contribution in [3.63, 3.8) is 0 Å². The summed E-state index contributed by atoms with van der Waals surface area (Å²) in [6.45, 7) is 3.73. The molecule has 1 aromatic heterocycles. The molecule has 0 saturated carbocycles. The Balaban J connectivity index is 2.06.